The van der Waals surface area contributed by atoms with Crippen LogP contribution in [0.15, 0.2) is 18.2 Å². The molecular formula is C16H22FN3O. The van der Waals surface area contributed by atoms with Crippen molar-refractivity contribution in [2.75, 3.05) is 45.9 Å². The lowest BCUT2D eigenvalue weighted by molar-refractivity contribution is 0.108. The Kier molecular flexibility index (Phi) is 6.15. The van der Waals surface area contributed by atoms with E-state index < -0.39 is 0 Å². The standard InChI is InChI=1S/C16H22FN3O/c17-16-4-3-15(14(12-16)2-1-5-18)13-20-8-6-19(7-9-20)10-11-21/h3-4,12,21H,5-11,13,18H2. The van der Waals surface area contributed by atoms with E-state index in [9.17, 15) is 4.39 Å². The van der Waals surface area contributed by atoms with Crippen molar-refractivity contribution in [2.45, 2.75) is 6.54 Å². The maximum atomic E-state index is 13.3. The highest BCUT2D eigenvalue weighted by Gasteiger charge is 2.17. The third-order valence-electron chi connectivity index (χ3n) is 3.67. The molecule has 4 nitrogen and oxygen atoms in total. The largest absolute Gasteiger partial charge is 0.395 e. The predicted octanol–water partition coefficient (Wildman–Crippen LogP) is 0.246. The molecule has 0 unspecified atom stereocenters. The van der Waals surface area contributed by atoms with Gasteiger partial charge in [-0.15, -0.1) is 0 Å². The van der Waals surface area contributed by atoms with Gasteiger partial charge in [0.25, 0.3) is 0 Å². The summed E-state index contributed by atoms with van der Waals surface area (Å²) in [5.41, 5.74) is 7.14. The Labute approximate surface area is 125 Å². The first-order chi connectivity index (χ1) is 10.2. The molecule has 2 rings (SSSR count). The summed E-state index contributed by atoms with van der Waals surface area (Å²) in [6.07, 6.45) is 0. The Balaban J connectivity index is 2.00. The number of piperazine rings is 1. The van der Waals surface area contributed by atoms with E-state index in [1.807, 2.05) is 0 Å². The van der Waals surface area contributed by atoms with Crippen molar-refractivity contribution in [3.63, 3.8) is 0 Å². The maximum absolute atomic E-state index is 13.3. The first-order valence-corrected chi connectivity index (χ1v) is 7.26. The molecule has 114 valence electrons. The quantitative estimate of drug-likeness (QED) is 0.781. The molecule has 1 fully saturated rings. The fourth-order valence-corrected chi connectivity index (χ4v) is 2.50. The number of halogens is 1. The number of benzene rings is 1. The zero-order chi connectivity index (χ0) is 15.1. The summed E-state index contributed by atoms with van der Waals surface area (Å²) < 4.78 is 13.3. The Morgan fingerprint density at radius 2 is 1.90 bits per heavy atom. The minimum Gasteiger partial charge on any atom is -0.395 e. The van der Waals surface area contributed by atoms with Crippen LogP contribution in [0, 0.1) is 17.7 Å². The Hall–Kier alpha value is -1.45. The third-order valence-corrected chi connectivity index (χ3v) is 3.67. The van der Waals surface area contributed by atoms with E-state index in [1.165, 1.54) is 12.1 Å². The topological polar surface area (TPSA) is 52.7 Å². The predicted molar refractivity (Wildman–Crippen MR) is 81.1 cm³/mol. The van der Waals surface area contributed by atoms with Crippen molar-refractivity contribution in [2.24, 2.45) is 5.73 Å². The lowest BCUT2D eigenvalue weighted by Gasteiger charge is -2.34. The summed E-state index contributed by atoms with van der Waals surface area (Å²) in [7, 11) is 0. The molecule has 3 N–H and O–H groups in total. The molecule has 0 spiro atoms. The summed E-state index contributed by atoms with van der Waals surface area (Å²) in [6, 6.07) is 4.75. The van der Waals surface area contributed by atoms with E-state index in [0.717, 1.165) is 50.4 Å². The van der Waals surface area contributed by atoms with E-state index in [2.05, 4.69) is 21.6 Å². The second-order valence-electron chi connectivity index (χ2n) is 5.15. The van der Waals surface area contributed by atoms with Crippen LogP contribution in [0.5, 0.6) is 0 Å². The van der Waals surface area contributed by atoms with Crippen LogP contribution in [0.4, 0.5) is 4.39 Å². The van der Waals surface area contributed by atoms with Crippen molar-refractivity contribution < 1.29 is 9.50 Å². The minimum atomic E-state index is -0.271. The van der Waals surface area contributed by atoms with Gasteiger partial charge in [0.15, 0.2) is 0 Å². The van der Waals surface area contributed by atoms with Gasteiger partial charge in [-0.05, 0) is 17.7 Å². The van der Waals surface area contributed by atoms with Crippen LogP contribution in [0.3, 0.4) is 0 Å². The molecule has 1 saturated heterocycles. The number of aliphatic hydroxyl groups is 1. The van der Waals surface area contributed by atoms with E-state index in [4.69, 9.17) is 10.8 Å². The average Bonchev–Trinajstić information content (AvgIpc) is 2.49. The van der Waals surface area contributed by atoms with Crippen molar-refractivity contribution in [1.82, 2.24) is 9.80 Å². The molecule has 1 aromatic carbocycles. The first kappa shape index (κ1) is 15.9. The van der Waals surface area contributed by atoms with Crippen molar-refractivity contribution in [3.8, 4) is 11.8 Å². The summed E-state index contributed by atoms with van der Waals surface area (Å²) in [5, 5.41) is 8.95. The van der Waals surface area contributed by atoms with Gasteiger partial charge in [-0.1, -0.05) is 17.9 Å². The molecule has 0 bridgehead atoms. The number of hydrogen-bond donors (Lipinski definition) is 2. The molecule has 1 aromatic rings. The molecule has 1 heterocycles. The van der Waals surface area contributed by atoms with Crippen LogP contribution in [0.2, 0.25) is 0 Å². The van der Waals surface area contributed by atoms with Gasteiger partial charge in [0.2, 0.25) is 0 Å². The Morgan fingerprint density at radius 3 is 2.57 bits per heavy atom. The minimum absolute atomic E-state index is 0.205. The van der Waals surface area contributed by atoms with Crippen LogP contribution in [-0.2, 0) is 6.54 Å². The number of hydrogen-bond acceptors (Lipinski definition) is 4. The normalized spacial score (nSPS) is 16.5. The fraction of sp³-hybridized carbons (Fsp3) is 0.500. The molecular weight excluding hydrogens is 269 g/mol. The van der Waals surface area contributed by atoms with E-state index in [1.54, 1.807) is 6.07 Å². The highest BCUT2D eigenvalue weighted by atomic mass is 19.1. The molecule has 0 aromatic heterocycles. The molecule has 0 radical (unpaired) electrons. The molecule has 0 amide bonds. The van der Waals surface area contributed by atoms with Gasteiger partial charge in [0, 0.05) is 44.8 Å². The lowest BCUT2D eigenvalue weighted by Crippen LogP contribution is -2.46. The van der Waals surface area contributed by atoms with Crippen LogP contribution >= 0.6 is 0 Å². The van der Waals surface area contributed by atoms with Gasteiger partial charge in [-0.25, -0.2) is 4.39 Å². The zero-order valence-corrected chi connectivity index (χ0v) is 12.2. The Morgan fingerprint density at radius 1 is 1.19 bits per heavy atom. The van der Waals surface area contributed by atoms with Gasteiger partial charge in [0.05, 0.1) is 13.2 Å². The van der Waals surface area contributed by atoms with Gasteiger partial charge >= 0.3 is 0 Å². The summed E-state index contributed by atoms with van der Waals surface area (Å²) in [4.78, 5) is 4.57. The smallest absolute Gasteiger partial charge is 0.124 e. The van der Waals surface area contributed by atoms with Gasteiger partial charge in [-0.2, -0.15) is 0 Å². The van der Waals surface area contributed by atoms with E-state index >= 15 is 0 Å². The second kappa shape index (κ2) is 8.11. The summed E-state index contributed by atoms with van der Waals surface area (Å²) in [5.74, 6) is 5.47. The van der Waals surface area contributed by atoms with Crippen molar-refractivity contribution >= 4 is 0 Å². The number of nitrogens with two attached hydrogens (primary N) is 1. The van der Waals surface area contributed by atoms with Crippen LogP contribution in [0.25, 0.3) is 0 Å². The van der Waals surface area contributed by atoms with Crippen molar-refractivity contribution in [3.05, 3.63) is 35.1 Å². The second-order valence-corrected chi connectivity index (χ2v) is 5.15. The highest BCUT2D eigenvalue weighted by molar-refractivity contribution is 5.41. The van der Waals surface area contributed by atoms with Gasteiger partial charge < -0.3 is 10.8 Å². The SMILES string of the molecule is NCC#Cc1cc(F)ccc1CN1CCN(CCO)CC1. The number of aliphatic hydroxyl groups excluding tert-OH is 1. The third kappa shape index (κ3) is 4.80. The zero-order valence-electron chi connectivity index (χ0n) is 12.2. The average molecular weight is 291 g/mol. The van der Waals surface area contributed by atoms with Crippen LogP contribution < -0.4 is 5.73 Å². The molecule has 1 aliphatic heterocycles. The Bertz CT molecular complexity index is 516. The first-order valence-electron chi connectivity index (χ1n) is 7.26. The lowest BCUT2D eigenvalue weighted by atomic mass is 10.1. The molecule has 0 atom stereocenters. The monoisotopic (exact) mass is 291 g/mol. The molecule has 0 aliphatic carbocycles. The van der Waals surface area contributed by atoms with Gasteiger partial charge in [0.1, 0.15) is 5.82 Å². The molecule has 1 aliphatic rings. The molecule has 5 heteroatoms. The number of rotatable bonds is 4. The summed E-state index contributed by atoms with van der Waals surface area (Å²) in [6.45, 7) is 5.77. The van der Waals surface area contributed by atoms with Gasteiger partial charge in [-0.3, -0.25) is 9.80 Å². The van der Waals surface area contributed by atoms with Crippen molar-refractivity contribution in [1.29, 1.82) is 0 Å². The van der Waals surface area contributed by atoms with E-state index in [-0.39, 0.29) is 19.0 Å². The molecule has 0 saturated carbocycles. The van der Waals surface area contributed by atoms with Crippen LogP contribution in [0.1, 0.15) is 11.1 Å². The van der Waals surface area contributed by atoms with Crippen LogP contribution in [-0.4, -0.2) is 60.8 Å². The highest BCUT2D eigenvalue weighted by Crippen LogP contribution is 2.14. The number of β-amino-alcohol motifs (C(OH)–C–C–N with tert-alkyl or cyclic N) is 1. The molecule has 21 heavy (non-hydrogen) atoms. The fourth-order valence-electron chi connectivity index (χ4n) is 2.50. The number of nitrogens with zero attached hydrogens (tertiary/aromatic N) is 2. The van der Waals surface area contributed by atoms with E-state index in [0.29, 0.717) is 0 Å². The maximum Gasteiger partial charge on any atom is 0.124 e. The summed E-state index contributed by atoms with van der Waals surface area (Å²) >= 11 is 0.